The molecule has 1 radical (unpaired) electrons. The van der Waals surface area contributed by atoms with Crippen LogP contribution in [0.15, 0.2) is 145 Å². The molecule has 0 saturated carbocycles. The molecule has 6 aromatic carbocycles. The van der Waals surface area contributed by atoms with E-state index in [0.29, 0.717) is 13.4 Å². The molecule has 0 saturated heterocycles. The lowest BCUT2D eigenvalue weighted by atomic mass is 10.0. The molecule has 8 aromatic rings. The molecule has 0 aliphatic carbocycles. The highest BCUT2D eigenvalue weighted by Gasteiger charge is 2.10. The Morgan fingerprint density at radius 3 is 1.42 bits per heavy atom. The Hall–Kier alpha value is -1.65. The number of furan rings is 2. The van der Waals surface area contributed by atoms with Gasteiger partial charge in [-0.15, -0.1) is 0 Å². The van der Waals surface area contributed by atoms with Gasteiger partial charge in [-0.25, -0.2) is 0 Å². The first-order valence-electron chi connectivity index (χ1n) is 14.0. The fourth-order valence-corrected chi connectivity index (χ4v) is 8.79. The van der Waals surface area contributed by atoms with E-state index in [1.165, 1.54) is 8.96 Å². The molecule has 0 aliphatic rings. The lowest BCUT2D eigenvalue weighted by Crippen LogP contribution is -1.99. The monoisotopic (exact) mass is 1130 g/mol. The average molecular weight is 1130 g/mol. The summed E-state index contributed by atoms with van der Waals surface area (Å²) in [6, 6.07) is 36.3. The zero-order valence-corrected chi connectivity index (χ0v) is 36.0. The van der Waals surface area contributed by atoms with Gasteiger partial charge < -0.3 is 18.5 Å². The van der Waals surface area contributed by atoms with E-state index in [9.17, 15) is 0 Å². The van der Waals surface area contributed by atoms with Crippen molar-refractivity contribution in [1.29, 1.82) is 0 Å². The van der Waals surface area contributed by atoms with Crippen LogP contribution < -0.4 is 4.65 Å². The molecule has 48 heavy (non-hydrogen) atoms. The van der Waals surface area contributed by atoms with E-state index in [2.05, 4.69) is 167 Å². The number of benzene rings is 6. The normalized spacial score (nSPS) is 10.9. The summed E-state index contributed by atoms with van der Waals surface area (Å²) in [6.07, 6.45) is 0. The predicted molar refractivity (Wildman–Crippen MR) is 227 cm³/mol. The third kappa shape index (κ3) is 8.80. The smallest absolute Gasteiger partial charge is 0.537 e. The molecule has 0 atom stereocenters. The van der Waals surface area contributed by atoms with E-state index in [0.717, 1.165) is 76.5 Å². The third-order valence-electron chi connectivity index (χ3n) is 7.05. The van der Waals surface area contributed by atoms with E-state index in [1.807, 2.05) is 48.5 Å². The fourth-order valence-electron chi connectivity index (χ4n) is 5.03. The van der Waals surface area contributed by atoms with Gasteiger partial charge in [0, 0.05) is 52.0 Å². The van der Waals surface area contributed by atoms with Crippen molar-refractivity contribution in [3.8, 4) is 16.9 Å². The van der Waals surface area contributed by atoms with Crippen LogP contribution in [-0.2, 0) is 0 Å². The summed E-state index contributed by atoms with van der Waals surface area (Å²) in [7, 11) is 0.647. The second kappa shape index (κ2) is 16.1. The summed E-state index contributed by atoms with van der Waals surface area (Å²) in [5, 5.41) is 12.9. The van der Waals surface area contributed by atoms with Crippen molar-refractivity contribution in [3.63, 3.8) is 0 Å². The number of hydrogen-bond donors (Lipinski definition) is 1. The highest BCUT2D eigenvalue weighted by Crippen LogP contribution is 2.36. The predicted octanol–water partition coefficient (Wildman–Crippen LogP) is 14.6. The highest BCUT2D eigenvalue weighted by molar-refractivity contribution is 14.1. The van der Waals surface area contributed by atoms with E-state index < -0.39 is 0 Å². The SMILES string of the molecule is Brc1cc(Br)cc(-c2ccc3oc4ccc(Br)cc4c3c2)c1.Brc1ccc2oc3ccc(I)cc3c2c1.O[B]Oc1cc(Br)cc(Br)c1. The molecule has 0 unspecified atom stereocenters. The first kappa shape index (κ1) is 36.2. The van der Waals surface area contributed by atoms with Crippen molar-refractivity contribution in [2.75, 3.05) is 0 Å². The molecular formula is C36H19BBr6IO4. The summed E-state index contributed by atoms with van der Waals surface area (Å²) < 4.78 is 23.6. The maximum absolute atomic E-state index is 8.32. The number of fused-ring (bicyclic) bond motifs is 6. The first-order chi connectivity index (χ1) is 23.1. The van der Waals surface area contributed by atoms with Crippen LogP contribution in [-0.4, -0.2) is 12.7 Å². The third-order valence-corrected chi connectivity index (χ3v) is 10.5. The van der Waals surface area contributed by atoms with Crippen molar-refractivity contribution in [3.05, 3.63) is 140 Å². The minimum absolute atomic E-state index is 0.578. The van der Waals surface area contributed by atoms with Crippen molar-refractivity contribution in [1.82, 2.24) is 0 Å². The molecular weight excluding hydrogens is 1110 g/mol. The summed E-state index contributed by atoms with van der Waals surface area (Å²) in [5.74, 6) is 0.578. The van der Waals surface area contributed by atoms with Gasteiger partial charge in [0.15, 0.2) is 0 Å². The van der Waals surface area contributed by atoms with Crippen LogP contribution in [0.2, 0.25) is 0 Å². The molecule has 2 aromatic heterocycles. The second-order valence-electron chi connectivity index (χ2n) is 10.3. The van der Waals surface area contributed by atoms with E-state index in [1.54, 1.807) is 12.1 Å². The minimum atomic E-state index is 0.578. The zero-order valence-electron chi connectivity index (χ0n) is 24.3. The van der Waals surface area contributed by atoms with Crippen LogP contribution in [0.1, 0.15) is 0 Å². The second-order valence-corrected chi connectivity index (χ2v) is 17.1. The van der Waals surface area contributed by atoms with Gasteiger partial charge in [0.2, 0.25) is 0 Å². The Morgan fingerprint density at radius 1 is 0.458 bits per heavy atom. The van der Waals surface area contributed by atoms with Crippen molar-refractivity contribution in [2.45, 2.75) is 0 Å². The lowest BCUT2D eigenvalue weighted by molar-refractivity contribution is 0.453. The molecule has 0 fully saturated rings. The van der Waals surface area contributed by atoms with Gasteiger partial charge in [0.25, 0.3) is 0 Å². The Balaban J connectivity index is 0.000000134. The molecule has 2 heterocycles. The Kier molecular flexibility index (Phi) is 12.2. The van der Waals surface area contributed by atoms with Gasteiger partial charge in [0.05, 0.1) is 0 Å². The lowest BCUT2D eigenvalue weighted by Gasteiger charge is -2.04. The highest BCUT2D eigenvalue weighted by atomic mass is 127. The summed E-state index contributed by atoms with van der Waals surface area (Å²) in [4.78, 5) is 0. The quantitative estimate of drug-likeness (QED) is 0.141. The maximum Gasteiger partial charge on any atom is 0.569 e. The summed E-state index contributed by atoms with van der Waals surface area (Å²) in [5.41, 5.74) is 6.03. The summed E-state index contributed by atoms with van der Waals surface area (Å²) in [6.45, 7) is 0. The van der Waals surface area contributed by atoms with Crippen molar-refractivity contribution < 1.29 is 18.5 Å². The molecule has 8 rings (SSSR count). The van der Waals surface area contributed by atoms with Crippen molar-refractivity contribution in [2.24, 2.45) is 0 Å². The van der Waals surface area contributed by atoms with Gasteiger partial charge >= 0.3 is 7.69 Å². The largest absolute Gasteiger partial charge is 0.569 e. The fraction of sp³-hybridized carbons (Fsp3) is 0. The van der Waals surface area contributed by atoms with Crippen LogP contribution in [0.3, 0.4) is 0 Å². The zero-order chi connectivity index (χ0) is 33.9. The standard InChI is InChI=1S/C18H9Br3O.C12H6BrIO.C6H4BBr2O2/c19-12-2-4-18-16(9-12)15-7-10(1-3-17(15)22-18)11-5-13(20)8-14(21)6-11;13-7-1-3-11-9(5-7)10-6-8(14)2-4-12(10)15-11;8-4-1-5(9)3-6(2-4)11-7-10/h1-9H;1-6H;1-3,10H. The van der Waals surface area contributed by atoms with Crippen LogP contribution in [0.25, 0.3) is 55.0 Å². The minimum Gasteiger partial charge on any atom is -0.537 e. The molecule has 4 nitrogen and oxygen atoms in total. The average Bonchev–Trinajstić information content (AvgIpc) is 3.58. The number of hydrogen-bond acceptors (Lipinski definition) is 4. The van der Waals surface area contributed by atoms with Gasteiger partial charge in [-0.3, -0.25) is 0 Å². The molecule has 0 aliphatic heterocycles. The van der Waals surface area contributed by atoms with Crippen molar-refractivity contribution >= 4 is 170 Å². The van der Waals surface area contributed by atoms with E-state index >= 15 is 0 Å². The Bertz CT molecular complexity index is 2330. The van der Waals surface area contributed by atoms with E-state index in [4.69, 9.17) is 18.5 Å². The number of halogens is 7. The van der Waals surface area contributed by atoms with Gasteiger partial charge in [0.1, 0.15) is 28.1 Å². The Morgan fingerprint density at radius 2 is 0.896 bits per heavy atom. The first-order valence-corrected chi connectivity index (χ1v) is 19.8. The maximum atomic E-state index is 8.32. The molecule has 0 bridgehead atoms. The molecule has 0 spiro atoms. The molecule has 1 N–H and O–H groups in total. The molecule has 12 heteroatoms. The number of rotatable bonds is 3. The topological polar surface area (TPSA) is 55.7 Å². The van der Waals surface area contributed by atoms with Gasteiger partial charge in [-0.2, -0.15) is 0 Å². The molecule has 239 valence electrons. The van der Waals surface area contributed by atoms with Crippen LogP contribution in [0.4, 0.5) is 0 Å². The van der Waals surface area contributed by atoms with Crippen LogP contribution in [0, 0.1) is 3.57 Å². The Labute approximate surface area is 340 Å². The van der Waals surface area contributed by atoms with Crippen LogP contribution in [0.5, 0.6) is 5.75 Å². The molecule has 0 amide bonds. The van der Waals surface area contributed by atoms with Gasteiger partial charge in [-0.05, 0) is 137 Å². The summed E-state index contributed by atoms with van der Waals surface area (Å²) >= 11 is 23.0. The van der Waals surface area contributed by atoms with Gasteiger partial charge in [-0.1, -0.05) is 102 Å². The van der Waals surface area contributed by atoms with E-state index in [-0.39, 0.29) is 0 Å². The van der Waals surface area contributed by atoms with Crippen LogP contribution >= 0.6 is 118 Å².